The molecule has 2 aromatic heterocycles. The van der Waals surface area contributed by atoms with Crippen LogP contribution in [0.2, 0.25) is 0 Å². The molecule has 2 aromatic rings. The van der Waals surface area contributed by atoms with E-state index in [1.807, 2.05) is 11.9 Å². The van der Waals surface area contributed by atoms with Crippen molar-refractivity contribution in [2.75, 3.05) is 26.9 Å². The monoisotopic (exact) mass is 373 g/mol. The maximum Gasteiger partial charge on any atom is 0.274 e. The molecule has 1 unspecified atom stereocenters. The molecule has 1 fully saturated rings. The van der Waals surface area contributed by atoms with Gasteiger partial charge in [0.1, 0.15) is 5.69 Å². The molecule has 0 radical (unpaired) electrons. The maximum atomic E-state index is 13.1. The second-order valence-electron chi connectivity index (χ2n) is 7.21. The highest BCUT2D eigenvalue weighted by Gasteiger charge is 2.35. The van der Waals surface area contributed by atoms with E-state index < -0.39 is 0 Å². The number of hydrogen-bond donors (Lipinski definition) is 0. The molecule has 27 heavy (non-hydrogen) atoms. The molecule has 1 saturated heterocycles. The summed E-state index contributed by atoms with van der Waals surface area (Å²) in [5, 5.41) is 9.23. The quantitative estimate of drug-likeness (QED) is 0.798. The zero-order valence-corrected chi connectivity index (χ0v) is 16.1. The number of likely N-dealkylation sites (tertiary alicyclic amines) is 1. The molecular formula is C19H27N5O3. The summed E-state index contributed by atoms with van der Waals surface area (Å²) in [7, 11) is 3.53. The highest BCUT2D eigenvalue weighted by Crippen LogP contribution is 2.35. The van der Waals surface area contributed by atoms with Crippen LogP contribution in [-0.4, -0.2) is 57.2 Å². The molecule has 8 heteroatoms. The Labute approximate surface area is 159 Å². The summed E-state index contributed by atoms with van der Waals surface area (Å²) in [4.78, 5) is 15.1. The summed E-state index contributed by atoms with van der Waals surface area (Å²) in [5.74, 6) is -0.0165. The number of fused-ring (bicyclic) bond motifs is 1. The third-order valence-electron chi connectivity index (χ3n) is 5.45. The molecule has 2 aliphatic heterocycles. The molecule has 0 saturated carbocycles. The third-order valence-corrected chi connectivity index (χ3v) is 5.45. The van der Waals surface area contributed by atoms with Crippen molar-refractivity contribution in [2.45, 2.75) is 44.9 Å². The fourth-order valence-electron chi connectivity index (χ4n) is 4.10. The highest BCUT2D eigenvalue weighted by atomic mass is 16.5. The maximum absolute atomic E-state index is 13.1. The predicted octanol–water partition coefficient (Wildman–Crippen LogP) is 1.70. The Morgan fingerprint density at radius 1 is 1.37 bits per heavy atom. The van der Waals surface area contributed by atoms with E-state index in [2.05, 4.69) is 9.78 Å². The van der Waals surface area contributed by atoms with E-state index in [4.69, 9.17) is 14.6 Å². The number of carbonyl (C=O) groups excluding carboxylic acids is 1. The highest BCUT2D eigenvalue weighted by molar-refractivity contribution is 5.92. The van der Waals surface area contributed by atoms with Gasteiger partial charge in [0, 0.05) is 44.6 Å². The van der Waals surface area contributed by atoms with Crippen molar-refractivity contribution in [3.05, 3.63) is 34.9 Å². The van der Waals surface area contributed by atoms with Crippen LogP contribution in [0.5, 0.6) is 0 Å². The van der Waals surface area contributed by atoms with Gasteiger partial charge in [0.2, 0.25) is 0 Å². The Hall–Kier alpha value is -2.19. The average Bonchev–Trinajstić information content (AvgIpc) is 3.30. The molecular weight excluding hydrogens is 346 g/mol. The van der Waals surface area contributed by atoms with Crippen molar-refractivity contribution >= 4 is 5.91 Å². The molecule has 146 valence electrons. The first kappa shape index (κ1) is 18.2. The molecule has 0 spiro atoms. The third kappa shape index (κ3) is 3.51. The van der Waals surface area contributed by atoms with Gasteiger partial charge >= 0.3 is 0 Å². The number of rotatable bonds is 5. The number of carbonyl (C=O) groups is 1. The van der Waals surface area contributed by atoms with Crippen molar-refractivity contribution in [1.82, 2.24) is 24.5 Å². The summed E-state index contributed by atoms with van der Waals surface area (Å²) in [6.45, 7) is 3.36. The minimum absolute atomic E-state index is 0.0165. The molecule has 8 nitrogen and oxygen atoms in total. The molecule has 0 aliphatic carbocycles. The summed E-state index contributed by atoms with van der Waals surface area (Å²) in [6.07, 6.45) is 5.69. The molecule has 0 aromatic carbocycles. The first-order valence-electron chi connectivity index (χ1n) is 9.64. The van der Waals surface area contributed by atoms with Gasteiger partial charge in [-0.15, -0.1) is 0 Å². The Balaban J connectivity index is 1.67. The van der Waals surface area contributed by atoms with Crippen LogP contribution in [0.25, 0.3) is 0 Å². The summed E-state index contributed by atoms with van der Waals surface area (Å²) in [5.41, 5.74) is 3.87. The van der Waals surface area contributed by atoms with E-state index in [9.17, 15) is 4.79 Å². The second kappa shape index (κ2) is 7.82. The second-order valence-corrected chi connectivity index (χ2v) is 7.21. The van der Waals surface area contributed by atoms with Crippen molar-refractivity contribution in [3.63, 3.8) is 0 Å². The minimum Gasteiger partial charge on any atom is -0.383 e. The van der Waals surface area contributed by atoms with Crippen molar-refractivity contribution < 1.29 is 14.3 Å². The molecule has 0 bridgehead atoms. The SMILES string of the molecule is COCCn1nc(C2CCCCN2C(=O)c2ccn(C)n2)c2c1CCOC2. The number of methoxy groups -OCH3 is 1. The van der Waals surface area contributed by atoms with E-state index in [1.165, 1.54) is 5.69 Å². The van der Waals surface area contributed by atoms with E-state index >= 15 is 0 Å². The van der Waals surface area contributed by atoms with Crippen LogP contribution >= 0.6 is 0 Å². The van der Waals surface area contributed by atoms with E-state index in [0.29, 0.717) is 25.5 Å². The Bertz CT molecular complexity index is 812. The minimum atomic E-state index is -0.0208. The Kier molecular flexibility index (Phi) is 5.27. The number of hydrogen-bond acceptors (Lipinski definition) is 5. The van der Waals surface area contributed by atoms with E-state index in [0.717, 1.165) is 50.0 Å². The van der Waals surface area contributed by atoms with Crippen LogP contribution in [0.4, 0.5) is 0 Å². The van der Waals surface area contributed by atoms with Gasteiger partial charge in [-0.2, -0.15) is 10.2 Å². The summed E-state index contributed by atoms with van der Waals surface area (Å²) in [6, 6.07) is 1.76. The largest absolute Gasteiger partial charge is 0.383 e. The van der Waals surface area contributed by atoms with Crippen molar-refractivity contribution in [3.8, 4) is 0 Å². The lowest BCUT2D eigenvalue weighted by Crippen LogP contribution is -2.39. The van der Waals surface area contributed by atoms with Gasteiger partial charge in [-0.1, -0.05) is 0 Å². The fourth-order valence-corrected chi connectivity index (χ4v) is 4.10. The first-order valence-corrected chi connectivity index (χ1v) is 9.64. The van der Waals surface area contributed by atoms with Crippen LogP contribution in [0.1, 0.15) is 52.7 Å². The van der Waals surface area contributed by atoms with Crippen LogP contribution in [0.15, 0.2) is 12.3 Å². The van der Waals surface area contributed by atoms with Gasteiger partial charge in [0.15, 0.2) is 0 Å². The topological polar surface area (TPSA) is 74.4 Å². The molecule has 0 N–H and O–H groups in total. The smallest absolute Gasteiger partial charge is 0.274 e. The molecule has 4 rings (SSSR count). The fraction of sp³-hybridized carbons (Fsp3) is 0.632. The lowest BCUT2D eigenvalue weighted by atomic mass is 9.95. The number of piperidine rings is 1. The zero-order chi connectivity index (χ0) is 18.8. The standard InChI is InChI=1S/C19H27N5O3/c1-22-9-6-15(20-22)19(25)23-8-4-3-5-17(23)18-14-13-27-11-7-16(14)24(21-18)10-12-26-2/h6,9,17H,3-5,7-8,10-13H2,1-2H3. The van der Waals surface area contributed by atoms with Crippen LogP contribution < -0.4 is 0 Å². The number of amides is 1. The van der Waals surface area contributed by atoms with Gasteiger partial charge in [0.25, 0.3) is 5.91 Å². The molecule has 4 heterocycles. The molecule has 2 aliphatic rings. The number of aryl methyl sites for hydroxylation is 1. The number of aromatic nitrogens is 4. The van der Waals surface area contributed by atoms with Crippen LogP contribution in [0.3, 0.4) is 0 Å². The van der Waals surface area contributed by atoms with Gasteiger partial charge < -0.3 is 14.4 Å². The zero-order valence-electron chi connectivity index (χ0n) is 16.1. The van der Waals surface area contributed by atoms with Crippen molar-refractivity contribution in [1.29, 1.82) is 0 Å². The molecule has 1 amide bonds. The van der Waals surface area contributed by atoms with Gasteiger partial charge in [-0.25, -0.2) is 0 Å². The summed E-state index contributed by atoms with van der Waals surface area (Å²) < 4.78 is 14.7. The molecule has 1 atom stereocenters. The van der Waals surface area contributed by atoms with Gasteiger partial charge in [-0.3, -0.25) is 14.2 Å². The van der Waals surface area contributed by atoms with Gasteiger partial charge in [-0.05, 0) is 25.3 Å². The lowest BCUT2D eigenvalue weighted by molar-refractivity contribution is 0.0589. The average molecular weight is 373 g/mol. The Morgan fingerprint density at radius 3 is 3.04 bits per heavy atom. The lowest BCUT2D eigenvalue weighted by Gasteiger charge is -2.35. The van der Waals surface area contributed by atoms with E-state index in [1.54, 1.807) is 24.1 Å². The predicted molar refractivity (Wildman–Crippen MR) is 98.3 cm³/mol. The number of nitrogens with zero attached hydrogens (tertiary/aromatic N) is 5. The van der Waals surface area contributed by atoms with Crippen molar-refractivity contribution in [2.24, 2.45) is 7.05 Å². The van der Waals surface area contributed by atoms with Crippen LogP contribution in [-0.2, 0) is 36.1 Å². The summed E-state index contributed by atoms with van der Waals surface area (Å²) >= 11 is 0. The van der Waals surface area contributed by atoms with Gasteiger partial charge in [0.05, 0.1) is 38.1 Å². The van der Waals surface area contributed by atoms with E-state index in [-0.39, 0.29) is 11.9 Å². The Morgan fingerprint density at radius 2 is 2.26 bits per heavy atom. The van der Waals surface area contributed by atoms with Crippen LogP contribution in [0, 0.1) is 0 Å². The normalized spacial score (nSPS) is 19.9. The number of ether oxygens (including phenoxy) is 2. The first-order chi connectivity index (χ1) is 13.2.